The van der Waals surface area contributed by atoms with Crippen molar-refractivity contribution in [3.8, 4) is 0 Å². The number of ether oxygens (including phenoxy) is 2. The highest BCUT2D eigenvalue weighted by molar-refractivity contribution is 7.94. The van der Waals surface area contributed by atoms with Gasteiger partial charge in [0, 0.05) is 29.6 Å². The van der Waals surface area contributed by atoms with Gasteiger partial charge in [0.05, 0.1) is 11.7 Å². The number of hydrogen-bond donors (Lipinski definition) is 1. The summed E-state index contributed by atoms with van der Waals surface area (Å²) in [5.41, 5.74) is 0. The fourth-order valence-electron chi connectivity index (χ4n) is 3.62. The van der Waals surface area contributed by atoms with E-state index in [2.05, 4.69) is 9.37 Å². The van der Waals surface area contributed by atoms with Crippen molar-refractivity contribution < 1.29 is 46.3 Å². The minimum absolute atomic E-state index is 0.0334. The van der Waals surface area contributed by atoms with Crippen LogP contribution < -0.4 is 0 Å². The molecule has 1 N–H and O–H groups in total. The van der Waals surface area contributed by atoms with Crippen molar-refractivity contribution in [2.75, 3.05) is 12.4 Å². The molecule has 2 aliphatic carbocycles. The van der Waals surface area contributed by atoms with Gasteiger partial charge in [-0.15, -0.1) is 4.33 Å². The Morgan fingerprint density at radius 3 is 2.79 bits per heavy atom. The second kappa shape index (κ2) is 7.14. The molecular weight excluding hydrogens is 368 g/mol. The fraction of sp³-hybridized carbons (Fsp3) is 0.833. The zero-order valence-electron chi connectivity index (χ0n) is 12.4. The van der Waals surface area contributed by atoms with Crippen LogP contribution in [0.5, 0.6) is 0 Å². The SMILES string of the molecule is O=C(CCSOOO)OCC(=O)OC1C2CC3C1OS(=O)(=O)C3C2. The largest absolute Gasteiger partial charge is 0.457 e. The van der Waals surface area contributed by atoms with Crippen LogP contribution in [-0.2, 0) is 42.7 Å². The molecule has 24 heavy (non-hydrogen) atoms. The molecule has 10 nitrogen and oxygen atoms in total. The smallest absolute Gasteiger partial charge is 0.344 e. The van der Waals surface area contributed by atoms with Gasteiger partial charge in [0.2, 0.25) is 0 Å². The number of carbonyl (C=O) groups is 2. The molecule has 0 spiro atoms. The van der Waals surface area contributed by atoms with Crippen molar-refractivity contribution >= 4 is 34.1 Å². The number of hydrogen-bond acceptors (Lipinski definition) is 11. The molecule has 0 aromatic rings. The highest BCUT2D eigenvalue weighted by Gasteiger charge is 2.65. The fourth-order valence-corrected chi connectivity index (χ4v) is 5.86. The molecule has 0 aromatic heterocycles. The molecule has 3 fully saturated rings. The van der Waals surface area contributed by atoms with Crippen LogP contribution in [-0.4, -0.2) is 55.4 Å². The van der Waals surface area contributed by atoms with Crippen LogP contribution in [0.1, 0.15) is 19.3 Å². The first kappa shape index (κ1) is 17.9. The van der Waals surface area contributed by atoms with Crippen molar-refractivity contribution in [3.05, 3.63) is 0 Å². The molecule has 0 amide bonds. The third-order valence-electron chi connectivity index (χ3n) is 4.50. The maximum Gasteiger partial charge on any atom is 0.344 e. The maximum atomic E-state index is 11.8. The summed E-state index contributed by atoms with van der Waals surface area (Å²) in [5, 5.41) is 10.8. The van der Waals surface area contributed by atoms with E-state index in [0.717, 1.165) is 0 Å². The van der Waals surface area contributed by atoms with Crippen LogP contribution in [0.25, 0.3) is 0 Å². The average Bonchev–Trinajstić information content (AvgIpc) is 3.14. The van der Waals surface area contributed by atoms with Crippen molar-refractivity contribution in [2.45, 2.75) is 36.7 Å². The first-order valence-corrected chi connectivity index (χ1v) is 9.67. The van der Waals surface area contributed by atoms with Gasteiger partial charge in [-0.3, -0.25) is 8.98 Å². The molecule has 1 aliphatic heterocycles. The predicted molar refractivity (Wildman–Crippen MR) is 76.5 cm³/mol. The molecule has 1 saturated heterocycles. The van der Waals surface area contributed by atoms with Gasteiger partial charge in [0.15, 0.2) is 6.61 Å². The van der Waals surface area contributed by atoms with Gasteiger partial charge in [0.1, 0.15) is 12.2 Å². The monoisotopic (exact) mass is 384 g/mol. The Labute approximate surface area is 141 Å². The molecule has 0 aromatic carbocycles. The van der Waals surface area contributed by atoms with E-state index >= 15 is 0 Å². The Balaban J connectivity index is 1.41. The standard InChI is InChI=1S/C12H16O10S2/c13-9(1-2-23-22-21-15)18-5-10(14)19-11-6-3-7-8(4-6)24(16,17)20-12(7)11/h6-8,11-12,15H,1-5H2. The predicted octanol–water partition coefficient (Wildman–Crippen LogP) is 0.0379. The maximum absolute atomic E-state index is 11.8. The molecule has 1 heterocycles. The van der Waals surface area contributed by atoms with E-state index in [9.17, 15) is 18.0 Å². The van der Waals surface area contributed by atoms with Crippen molar-refractivity contribution in [2.24, 2.45) is 11.8 Å². The molecular formula is C12H16O10S2. The second-order valence-electron chi connectivity index (χ2n) is 5.82. The number of rotatable bonds is 8. The van der Waals surface area contributed by atoms with E-state index in [-0.39, 0.29) is 24.0 Å². The summed E-state index contributed by atoms with van der Waals surface area (Å²) < 4.78 is 42.8. The quantitative estimate of drug-likeness (QED) is 0.152. The Hall–Kier alpha value is -0.920. The highest BCUT2D eigenvalue weighted by Crippen LogP contribution is 2.55. The van der Waals surface area contributed by atoms with Gasteiger partial charge in [-0.25, -0.2) is 10.1 Å². The molecule has 3 rings (SSSR count). The van der Waals surface area contributed by atoms with Crippen molar-refractivity contribution in [3.63, 3.8) is 0 Å². The Bertz CT molecular complexity index is 605. The molecule has 5 unspecified atom stereocenters. The zero-order valence-corrected chi connectivity index (χ0v) is 14.0. The van der Waals surface area contributed by atoms with Crippen molar-refractivity contribution in [1.82, 2.24) is 0 Å². The van der Waals surface area contributed by atoms with Crippen LogP contribution in [0.3, 0.4) is 0 Å². The lowest BCUT2D eigenvalue weighted by Crippen LogP contribution is -2.38. The van der Waals surface area contributed by atoms with E-state index < -0.39 is 46.1 Å². The summed E-state index contributed by atoms with van der Waals surface area (Å²) in [7, 11) is -3.56. The third-order valence-corrected chi connectivity index (χ3v) is 6.80. The summed E-state index contributed by atoms with van der Waals surface area (Å²) >= 11 is 0.695. The number of fused-ring (bicyclic) bond motifs is 1. The summed E-state index contributed by atoms with van der Waals surface area (Å²) in [5.74, 6) is -1.38. The average molecular weight is 384 g/mol. The number of esters is 2. The first-order valence-electron chi connectivity index (χ1n) is 7.29. The second-order valence-corrected chi connectivity index (χ2v) is 8.38. The van der Waals surface area contributed by atoms with E-state index in [1.165, 1.54) is 0 Å². The Morgan fingerprint density at radius 1 is 1.25 bits per heavy atom. The minimum atomic E-state index is -3.56. The van der Waals surface area contributed by atoms with E-state index in [0.29, 0.717) is 24.9 Å². The zero-order chi connectivity index (χ0) is 17.3. The summed E-state index contributed by atoms with van der Waals surface area (Å²) in [6, 6.07) is 0. The Kier molecular flexibility index (Phi) is 5.32. The topological polar surface area (TPSA) is 135 Å². The van der Waals surface area contributed by atoms with E-state index in [1.807, 2.05) is 0 Å². The van der Waals surface area contributed by atoms with Crippen molar-refractivity contribution in [1.29, 1.82) is 0 Å². The normalized spacial score (nSPS) is 35.1. The minimum Gasteiger partial charge on any atom is -0.457 e. The lowest BCUT2D eigenvalue weighted by atomic mass is 9.94. The molecule has 0 radical (unpaired) electrons. The molecule has 5 atom stereocenters. The van der Waals surface area contributed by atoms with E-state index in [4.69, 9.17) is 18.9 Å². The lowest BCUT2D eigenvalue weighted by molar-refractivity contribution is -0.432. The third kappa shape index (κ3) is 3.53. The van der Waals surface area contributed by atoms with E-state index in [1.54, 1.807) is 0 Å². The molecule has 2 bridgehead atoms. The molecule has 12 heteroatoms. The molecule has 3 aliphatic rings. The van der Waals surface area contributed by atoms with Gasteiger partial charge < -0.3 is 9.47 Å². The molecule has 136 valence electrons. The summed E-state index contributed by atoms with van der Waals surface area (Å²) in [6.07, 6.45) is -0.186. The van der Waals surface area contributed by atoms with Crippen LogP contribution in [0.15, 0.2) is 0 Å². The molecule has 2 saturated carbocycles. The van der Waals surface area contributed by atoms with Crippen LogP contribution in [0.4, 0.5) is 0 Å². The van der Waals surface area contributed by atoms with Crippen LogP contribution >= 0.6 is 12.0 Å². The van der Waals surface area contributed by atoms with Gasteiger partial charge in [-0.2, -0.15) is 8.42 Å². The summed E-state index contributed by atoms with van der Waals surface area (Å²) in [6.45, 7) is -0.558. The van der Waals surface area contributed by atoms with Crippen LogP contribution in [0, 0.1) is 11.8 Å². The van der Waals surface area contributed by atoms with Crippen LogP contribution in [0.2, 0.25) is 0 Å². The Morgan fingerprint density at radius 2 is 2.04 bits per heavy atom. The number of carbonyl (C=O) groups excluding carboxylic acids is 2. The highest BCUT2D eigenvalue weighted by atomic mass is 32.2. The van der Waals surface area contributed by atoms with Gasteiger partial charge in [-0.05, 0) is 12.8 Å². The lowest BCUT2D eigenvalue weighted by Gasteiger charge is -2.24. The first-order chi connectivity index (χ1) is 11.4. The van der Waals surface area contributed by atoms with Gasteiger partial charge in [0.25, 0.3) is 10.1 Å². The van der Waals surface area contributed by atoms with Gasteiger partial charge in [-0.1, -0.05) is 5.04 Å². The summed E-state index contributed by atoms with van der Waals surface area (Å²) in [4.78, 5) is 23.2. The van der Waals surface area contributed by atoms with Gasteiger partial charge >= 0.3 is 11.9 Å².